The van der Waals surface area contributed by atoms with Crippen LogP contribution in [0.1, 0.15) is 47.8 Å². The van der Waals surface area contributed by atoms with Crippen LogP contribution in [0.25, 0.3) is 28.0 Å². The summed E-state index contributed by atoms with van der Waals surface area (Å²) in [5, 5.41) is 18.6. The van der Waals surface area contributed by atoms with E-state index in [1.54, 1.807) is 26.1 Å². The van der Waals surface area contributed by atoms with Gasteiger partial charge in [-0.2, -0.15) is 0 Å². The molecule has 0 aliphatic carbocycles. The third kappa shape index (κ3) is 5.49. The van der Waals surface area contributed by atoms with E-state index in [9.17, 15) is 9.59 Å². The maximum atomic E-state index is 12.9. The van der Waals surface area contributed by atoms with Crippen LogP contribution in [0.3, 0.4) is 0 Å². The number of carbonyl (C=O) groups is 2. The van der Waals surface area contributed by atoms with Gasteiger partial charge in [0.25, 0.3) is 0 Å². The van der Waals surface area contributed by atoms with Crippen LogP contribution >= 0.6 is 0 Å². The summed E-state index contributed by atoms with van der Waals surface area (Å²) in [5.41, 5.74) is 6.08. The fourth-order valence-corrected chi connectivity index (χ4v) is 4.11. The molecule has 37 heavy (non-hydrogen) atoms. The summed E-state index contributed by atoms with van der Waals surface area (Å²) in [5.74, 6) is -0.584. The number of aromatic nitrogens is 1. The predicted octanol–water partition coefficient (Wildman–Crippen LogP) is 5.43. The number of hydrogen-bond donors (Lipinski definition) is 1. The van der Waals surface area contributed by atoms with Crippen LogP contribution in [0.4, 0.5) is 0 Å². The molecule has 0 atom stereocenters. The zero-order valence-corrected chi connectivity index (χ0v) is 21.1. The lowest BCUT2D eigenvalue weighted by Crippen LogP contribution is -1.99. The highest BCUT2D eigenvalue weighted by Crippen LogP contribution is 2.31. The topological polar surface area (TPSA) is 102 Å². The van der Waals surface area contributed by atoms with Gasteiger partial charge < -0.3 is 19.3 Å². The summed E-state index contributed by atoms with van der Waals surface area (Å²) in [7, 11) is 0. The normalized spacial score (nSPS) is 12.5. The molecule has 0 saturated carbocycles. The van der Waals surface area contributed by atoms with Crippen LogP contribution in [-0.2, 0) is 14.5 Å². The molecule has 0 saturated heterocycles. The fourth-order valence-electron chi connectivity index (χ4n) is 4.11. The molecule has 0 fully saturated rings. The average Bonchev–Trinajstić information content (AvgIpc) is 3.21. The number of ketones is 1. The molecular formula is C29H27N3O5. The third-order valence-electron chi connectivity index (χ3n) is 5.99. The second kappa shape index (κ2) is 11.0. The molecule has 1 aromatic heterocycles. The van der Waals surface area contributed by atoms with Crippen molar-refractivity contribution in [3.05, 3.63) is 89.0 Å². The Morgan fingerprint density at radius 1 is 0.892 bits per heavy atom. The van der Waals surface area contributed by atoms with Crippen LogP contribution in [0, 0.1) is 6.92 Å². The van der Waals surface area contributed by atoms with Crippen LogP contribution < -0.4 is 0 Å². The van der Waals surface area contributed by atoms with Gasteiger partial charge in [0.05, 0.1) is 22.5 Å². The molecule has 4 rings (SSSR count). The summed E-state index contributed by atoms with van der Waals surface area (Å²) >= 11 is 0. The Balaban J connectivity index is 1.88. The van der Waals surface area contributed by atoms with Crippen LogP contribution in [-0.4, -0.2) is 39.6 Å². The van der Waals surface area contributed by atoms with Gasteiger partial charge in [-0.05, 0) is 61.7 Å². The summed E-state index contributed by atoms with van der Waals surface area (Å²) in [6.45, 7) is 6.25. The number of hydrogen-bond acceptors (Lipinski definition) is 7. The van der Waals surface area contributed by atoms with E-state index in [-0.39, 0.29) is 5.78 Å². The molecule has 8 nitrogen and oxygen atoms in total. The fraction of sp³-hybridized carbons (Fsp3) is 0.172. The van der Waals surface area contributed by atoms with Gasteiger partial charge >= 0.3 is 5.97 Å². The van der Waals surface area contributed by atoms with E-state index < -0.39 is 12.8 Å². The van der Waals surface area contributed by atoms with Crippen molar-refractivity contribution >= 4 is 51.2 Å². The maximum absolute atomic E-state index is 12.9. The van der Waals surface area contributed by atoms with Crippen molar-refractivity contribution in [1.82, 2.24) is 4.57 Å². The lowest BCUT2D eigenvalue weighted by atomic mass is 10.0. The second-order valence-electron chi connectivity index (χ2n) is 8.52. The zero-order chi connectivity index (χ0) is 26.5. The van der Waals surface area contributed by atoms with E-state index in [0.717, 1.165) is 38.5 Å². The number of aliphatic hydroxyl groups excluding tert-OH is 1. The Hall–Kier alpha value is -4.56. The molecule has 0 spiro atoms. The first-order chi connectivity index (χ1) is 17.8. The number of oxime groups is 2. The molecule has 3 aromatic carbocycles. The van der Waals surface area contributed by atoms with Crippen molar-refractivity contribution in [2.24, 2.45) is 10.3 Å². The Morgan fingerprint density at radius 3 is 2.05 bits per heavy atom. The summed E-state index contributed by atoms with van der Waals surface area (Å²) in [6.07, 6.45) is 3.34. The minimum atomic E-state index is -0.511. The lowest BCUT2D eigenvalue weighted by Gasteiger charge is -2.04. The van der Waals surface area contributed by atoms with Crippen molar-refractivity contribution in [2.45, 2.75) is 27.7 Å². The van der Waals surface area contributed by atoms with Crippen molar-refractivity contribution in [3.63, 3.8) is 0 Å². The highest BCUT2D eigenvalue weighted by Gasteiger charge is 2.14. The van der Waals surface area contributed by atoms with E-state index in [1.165, 1.54) is 6.92 Å². The summed E-state index contributed by atoms with van der Waals surface area (Å²) in [6, 6.07) is 19.1. The number of aryl methyl sites for hydroxylation is 1. The molecule has 0 aliphatic heterocycles. The van der Waals surface area contributed by atoms with E-state index >= 15 is 0 Å². The van der Waals surface area contributed by atoms with Crippen LogP contribution in [0.15, 0.2) is 77.1 Å². The van der Waals surface area contributed by atoms with Crippen LogP contribution in [0.2, 0.25) is 0 Å². The molecule has 1 N–H and O–H groups in total. The molecule has 0 aliphatic rings. The molecule has 8 heteroatoms. The van der Waals surface area contributed by atoms with Gasteiger partial charge in [-0.25, -0.2) is 4.79 Å². The van der Waals surface area contributed by atoms with Gasteiger partial charge in [0.1, 0.15) is 0 Å². The van der Waals surface area contributed by atoms with Crippen LogP contribution in [0.5, 0.6) is 0 Å². The third-order valence-corrected chi connectivity index (χ3v) is 5.99. The van der Waals surface area contributed by atoms with Crippen molar-refractivity contribution in [1.29, 1.82) is 0 Å². The van der Waals surface area contributed by atoms with Crippen molar-refractivity contribution in [2.75, 3.05) is 6.79 Å². The number of fused-ring (bicyclic) bond motifs is 3. The highest BCUT2D eigenvalue weighted by atomic mass is 16.7. The van der Waals surface area contributed by atoms with Crippen molar-refractivity contribution < 1.29 is 24.4 Å². The largest absolute Gasteiger partial charge is 0.367 e. The number of rotatable bonds is 8. The van der Waals surface area contributed by atoms with Gasteiger partial charge in [0.2, 0.25) is 6.79 Å². The summed E-state index contributed by atoms with van der Waals surface area (Å²) in [4.78, 5) is 33.7. The molecule has 4 aromatic rings. The number of allylic oxidation sites excluding steroid dienone is 1. The second-order valence-corrected chi connectivity index (χ2v) is 8.52. The number of aliphatic hydroxyl groups is 1. The molecule has 188 valence electrons. The van der Waals surface area contributed by atoms with E-state index in [1.807, 2.05) is 72.2 Å². The quantitative estimate of drug-likeness (QED) is 0.0873. The smallest absolute Gasteiger partial charge is 0.331 e. The van der Waals surface area contributed by atoms with Gasteiger partial charge in [-0.1, -0.05) is 46.7 Å². The summed E-state index contributed by atoms with van der Waals surface area (Å²) < 4.78 is 1.96. The van der Waals surface area contributed by atoms with E-state index in [2.05, 4.69) is 10.3 Å². The highest BCUT2D eigenvalue weighted by molar-refractivity contribution is 6.15. The monoisotopic (exact) mass is 497 g/mol. The first-order valence-electron chi connectivity index (χ1n) is 11.7. The molecular weight excluding hydrogens is 470 g/mol. The lowest BCUT2D eigenvalue weighted by molar-refractivity contribution is -0.140. The standard InChI is InChI=1S/C29H27N3O5/c1-18-7-5-6-8-24(18)29(35)13-14-32-27-11-9-22(19(2)30-36-17-33)15-25(27)26-16-23(10-12-28(26)32)20(3)31-37-21(4)34/h5-16,33H,17H2,1-4H3/b14-13+,30-19-,31-20-. The van der Waals surface area contributed by atoms with E-state index in [0.29, 0.717) is 17.0 Å². The predicted molar refractivity (Wildman–Crippen MR) is 145 cm³/mol. The first kappa shape index (κ1) is 25.5. The van der Waals surface area contributed by atoms with Gasteiger partial charge in [-0.15, -0.1) is 0 Å². The van der Waals surface area contributed by atoms with Gasteiger partial charge in [0.15, 0.2) is 5.78 Å². The minimum absolute atomic E-state index is 0.0881. The number of carbonyl (C=O) groups excluding carboxylic acids is 2. The minimum Gasteiger partial charge on any atom is -0.367 e. The number of benzene rings is 3. The Bertz CT molecular complexity index is 1590. The molecule has 0 unspecified atom stereocenters. The Morgan fingerprint density at radius 2 is 1.49 bits per heavy atom. The maximum Gasteiger partial charge on any atom is 0.331 e. The average molecular weight is 498 g/mol. The molecule has 1 heterocycles. The van der Waals surface area contributed by atoms with Gasteiger partial charge in [0, 0.05) is 35.5 Å². The first-order valence-corrected chi connectivity index (χ1v) is 11.7. The Labute approximate surface area is 214 Å². The molecule has 0 bridgehead atoms. The number of nitrogens with zero attached hydrogens (tertiary/aromatic N) is 3. The zero-order valence-electron chi connectivity index (χ0n) is 21.1. The van der Waals surface area contributed by atoms with Crippen molar-refractivity contribution in [3.8, 4) is 0 Å². The molecule has 0 radical (unpaired) electrons. The molecule has 0 amide bonds. The van der Waals surface area contributed by atoms with E-state index in [4.69, 9.17) is 14.8 Å². The van der Waals surface area contributed by atoms with Gasteiger partial charge in [-0.3, -0.25) is 4.79 Å². The SMILES string of the molecule is CC(=O)O/N=C(/C)c1ccc2c(c1)c1cc(/C(C)=N\OCO)ccc1n2/C=C/C(=O)c1ccccc1C. The Kier molecular flexibility index (Phi) is 7.60.